The molecule has 0 radical (unpaired) electrons. The summed E-state index contributed by atoms with van der Waals surface area (Å²) in [6, 6.07) is -7.43. The monoisotopic (exact) mass is 655 g/mol. The summed E-state index contributed by atoms with van der Waals surface area (Å²) in [5.74, 6) is -13.5. The lowest BCUT2D eigenvalue weighted by Gasteiger charge is -2.35. The Morgan fingerprint density at radius 1 is 0.475 bits per heavy atom. The highest BCUT2D eigenvalue weighted by Crippen LogP contribution is 2.52. The lowest BCUT2D eigenvalue weighted by Crippen LogP contribution is -2.63. The molecular formula is C13F23NO3. The molecule has 0 aliphatic carbocycles. The van der Waals surface area contributed by atoms with Crippen LogP contribution in [0.25, 0.3) is 0 Å². The zero-order valence-electron chi connectivity index (χ0n) is 16.9. The third-order valence-corrected chi connectivity index (χ3v) is 2.38. The molecule has 0 N–H and O–H groups in total. The maximum absolute atomic E-state index is 13.3. The molecule has 0 saturated heterocycles. The van der Waals surface area contributed by atoms with Crippen LogP contribution in [0, 0.1) is 11.3 Å². The zero-order valence-corrected chi connectivity index (χ0v) is 16.9. The normalized spacial score (nSPS) is 13.7. The summed E-state index contributed by atoms with van der Waals surface area (Å²) in [6.45, 7) is 0. The number of rotatable bonds is 7. The summed E-state index contributed by atoms with van der Waals surface area (Å²) in [5, 5.41) is 7.60. The molecule has 0 heterocycles. The summed E-state index contributed by atoms with van der Waals surface area (Å²) in [5.41, 5.74) is 0. The van der Waals surface area contributed by atoms with Gasteiger partial charge in [0.15, 0.2) is 0 Å². The van der Waals surface area contributed by atoms with Gasteiger partial charge in [0, 0.05) is 0 Å². The van der Waals surface area contributed by atoms with Gasteiger partial charge >= 0.3 is 72.9 Å². The fourth-order valence-electron chi connectivity index (χ4n) is 0.945. The maximum Gasteiger partial charge on any atom is 0.574 e. The SMILES string of the molecule is FC(F)=C(F)F.FC(F)=C(F)OC(F)(F)F.N#CC(F)(F)C(F)(F)OC(F)(C(F)(F)F)C(F)(F)OC(F)=C(F)F. The van der Waals surface area contributed by atoms with Gasteiger partial charge in [-0.1, -0.05) is 0 Å². The maximum atomic E-state index is 13.3. The smallest absolute Gasteiger partial charge is 0.398 e. The molecule has 0 spiro atoms. The number of halogens is 23. The Labute approximate surface area is 201 Å². The highest BCUT2D eigenvalue weighted by molar-refractivity contribution is 5.01. The summed E-state index contributed by atoms with van der Waals surface area (Å²) in [7, 11) is 0. The number of hydrogen-bond acceptors (Lipinski definition) is 4. The Hall–Kier alpha value is -3.34. The van der Waals surface area contributed by atoms with Gasteiger partial charge in [-0.15, -0.1) is 13.2 Å². The minimum absolute atomic E-state index is 0.665. The molecule has 0 aromatic rings. The van der Waals surface area contributed by atoms with Crippen LogP contribution in [0.5, 0.6) is 0 Å². The van der Waals surface area contributed by atoms with Crippen LogP contribution in [0.3, 0.4) is 0 Å². The van der Waals surface area contributed by atoms with Crippen molar-refractivity contribution in [3.05, 3.63) is 36.3 Å². The van der Waals surface area contributed by atoms with Crippen molar-refractivity contribution in [2.24, 2.45) is 0 Å². The molecule has 27 heteroatoms. The molecule has 0 aromatic carbocycles. The minimum atomic E-state index is -7.33. The van der Waals surface area contributed by atoms with E-state index < -0.39 is 79.0 Å². The van der Waals surface area contributed by atoms with Crippen molar-refractivity contribution < 1.29 is 115 Å². The molecule has 1 unspecified atom stereocenters. The Balaban J connectivity index is -0.000000697. The minimum Gasteiger partial charge on any atom is -0.398 e. The Bertz CT molecular complexity index is 946. The second-order valence-corrected chi connectivity index (χ2v) is 5.15. The summed E-state index contributed by atoms with van der Waals surface area (Å²) < 4.78 is 273. The number of ether oxygens (including phenoxy) is 3. The van der Waals surface area contributed by atoms with Gasteiger partial charge in [0.05, 0.1) is 0 Å². The van der Waals surface area contributed by atoms with Gasteiger partial charge in [-0.3, -0.25) is 4.74 Å². The van der Waals surface area contributed by atoms with Gasteiger partial charge in [0.1, 0.15) is 6.07 Å². The van der Waals surface area contributed by atoms with Crippen LogP contribution >= 0.6 is 0 Å². The third kappa shape index (κ3) is 13.1. The number of nitrogens with zero attached hydrogens (tertiary/aromatic N) is 1. The summed E-state index contributed by atoms with van der Waals surface area (Å²) in [6.07, 6.45) is -39.5. The van der Waals surface area contributed by atoms with E-state index in [1.54, 1.807) is 4.74 Å². The molecule has 0 saturated carbocycles. The van der Waals surface area contributed by atoms with E-state index >= 15 is 0 Å². The van der Waals surface area contributed by atoms with Crippen LogP contribution in [-0.4, -0.2) is 36.5 Å². The van der Waals surface area contributed by atoms with Gasteiger partial charge in [0.2, 0.25) is 0 Å². The predicted octanol–water partition coefficient (Wildman–Crippen LogP) is 9.18. The van der Waals surface area contributed by atoms with E-state index in [1.165, 1.54) is 0 Å². The average Bonchev–Trinajstić information content (AvgIpc) is 2.71. The van der Waals surface area contributed by atoms with Crippen LogP contribution < -0.4 is 0 Å². The first-order valence-electron chi connectivity index (χ1n) is 7.54. The highest BCUT2D eigenvalue weighted by atomic mass is 19.4. The van der Waals surface area contributed by atoms with Crippen molar-refractivity contribution >= 4 is 0 Å². The van der Waals surface area contributed by atoms with Crippen LogP contribution in [-0.2, 0) is 14.2 Å². The Kier molecular flexibility index (Phi) is 14.7. The van der Waals surface area contributed by atoms with Crippen molar-refractivity contribution in [3.63, 3.8) is 0 Å². The molecule has 0 aromatic heterocycles. The molecular weight excluding hydrogens is 655 g/mol. The second-order valence-electron chi connectivity index (χ2n) is 5.15. The number of alkyl halides is 13. The van der Waals surface area contributed by atoms with Gasteiger partial charge < -0.3 is 9.47 Å². The van der Waals surface area contributed by atoms with Crippen molar-refractivity contribution in [2.45, 2.75) is 36.5 Å². The molecule has 0 aliphatic rings. The van der Waals surface area contributed by atoms with E-state index in [4.69, 9.17) is 5.26 Å². The highest BCUT2D eigenvalue weighted by Gasteiger charge is 2.81. The molecule has 0 aliphatic heterocycles. The van der Waals surface area contributed by atoms with Crippen molar-refractivity contribution in [1.29, 1.82) is 5.26 Å². The second kappa shape index (κ2) is 14.3. The standard InChI is InChI=1S/C8F13NO2.C3F6O.C2F4/c9-2(10)3(11)23-8(20,21)5(14,6(15,16)17)24-7(18,19)4(12,13)1-22;4-1(5)2(6)10-3(7,8)9;3-1(4)2(5)6. The van der Waals surface area contributed by atoms with E-state index in [0.29, 0.717) is 0 Å². The molecule has 0 bridgehead atoms. The lowest BCUT2D eigenvalue weighted by molar-refractivity contribution is -0.512. The average molecular weight is 655 g/mol. The van der Waals surface area contributed by atoms with E-state index in [1.807, 2.05) is 4.74 Å². The Morgan fingerprint density at radius 3 is 1.00 bits per heavy atom. The molecule has 0 rings (SSSR count). The quantitative estimate of drug-likeness (QED) is 0.203. The molecule has 0 fully saturated rings. The molecule has 40 heavy (non-hydrogen) atoms. The molecule has 0 amide bonds. The lowest BCUT2D eigenvalue weighted by atomic mass is 10.2. The van der Waals surface area contributed by atoms with Crippen molar-refractivity contribution in [3.8, 4) is 6.07 Å². The largest absolute Gasteiger partial charge is 0.574 e. The van der Waals surface area contributed by atoms with E-state index in [0.717, 1.165) is 0 Å². The summed E-state index contributed by atoms with van der Waals surface area (Å²) >= 11 is 0. The van der Waals surface area contributed by atoms with Crippen molar-refractivity contribution in [1.82, 2.24) is 0 Å². The van der Waals surface area contributed by atoms with Crippen LogP contribution in [0.15, 0.2) is 36.3 Å². The fourth-order valence-corrected chi connectivity index (χ4v) is 0.945. The van der Waals surface area contributed by atoms with Crippen LogP contribution in [0.1, 0.15) is 0 Å². The first-order chi connectivity index (χ1) is 17.3. The molecule has 1 atom stereocenters. The topological polar surface area (TPSA) is 51.5 Å². The van der Waals surface area contributed by atoms with Gasteiger partial charge in [-0.05, 0) is 0 Å². The zero-order chi connectivity index (χ0) is 33.3. The van der Waals surface area contributed by atoms with Crippen LogP contribution in [0.4, 0.5) is 101 Å². The van der Waals surface area contributed by atoms with E-state index in [9.17, 15) is 101 Å². The van der Waals surface area contributed by atoms with E-state index in [2.05, 4.69) is 4.74 Å². The number of hydrogen-bond donors (Lipinski definition) is 0. The molecule has 4 nitrogen and oxygen atoms in total. The van der Waals surface area contributed by atoms with Gasteiger partial charge in [0.25, 0.3) is 0 Å². The number of nitriles is 1. The van der Waals surface area contributed by atoms with Gasteiger partial charge in [-0.2, -0.15) is 93.1 Å². The van der Waals surface area contributed by atoms with Crippen LogP contribution in [0.2, 0.25) is 0 Å². The Morgan fingerprint density at radius 2 is 0.800 bits per heavy atom. The van der Waals surface area contributed by atoms with Gasteiger partial charge in [-0.25, -0.2) is 0 Å². The summed E-state index contributed by atoms with van der Waals surface area (Å²) in [4.78, 5) is 0. The first kappa shape index (κ1) is 41.1. The van der Waals surface area contributed by atoms with Crippen molar-refractivity contribution in [2.75, 3.05) is 0 Å². The fraction of sp³-hybridized carbons (Fsp3) is 0.462. The molecule has 236 valence electrons. The third-order valence-electron chi connectivity index (χ3n) is 2.38. The first-order valence-corrected chi connectivity index (χ1v) is 7.54. The van der Waals surface area contributed by atoms with E-state index in [-0.39, 0.29) is 0 Å². The predicted molar refractivity (Wildman–Crippen MR) is 71.8 cm³/mol.